The van der Waals surface area contributed by atoms with E-state index >= 15 is 0 Å². The topological polar surface area (TPSA) is 50.4 Å². The van der Waals surface area contributed by atoms with E-state index in [0.717, 1.165) is 11.6 Å². The van der Waals surface area contributed by atoms with Crippen molar-refractivity contribution in [2.75, 3.05) is 25.3 Å². The van der Waals surface area contributed by atoms with E-state index in [1.807, 2.05) is 0 Å². The average Bonchev–Trinajstić information content (AvgIpc) is 2.92. The molecule has 2 aliphatic rings. The van der Waals surface area contributed by atoms with Crippen molar-refractivity contribution in [1.82, 2.24) is 10.6 Å². The normalized spacial score (nSPS) is 27.7. The van der Waals surface area contributed by atoms with Gasteiger partial charge in [0.05, 0.1) is 18.7 Å². The quantitative estimate of drug-likeness (QED) is 0.708. The molecule has 4 nitrogen and oxygen atoms in total. The average molecular weight is 230 g/mol. The first kappa shape index (κ1) is 11.2. The van der Waals surface area contributed by atoms with Crippen molar-refractivity contribution < 1.29 is 9.53 Å². The SMILES string of the molecule is COCC(NC(=O)C1CSCN1)C1CC1. The van der Waals surface area contributed by atoms with Crippen LogP contribution in [0.1, 0.15) is 12.8 Å². The van der Waals surface area contributed by atoms with Gasteiger partial charge in [-0.25, -0.2) is 0 Å². The first-order valence-corrected chi connectivity index (χ1v) is 6.57. The molecular formula is C10H18N2O2S. The minimum atomic E-state index is -0.00638. The molecule has 2 fully saturated rings. The van der Waals surface area contributed by atoms with E-state index in [0.29, 0.717) is 12.5 Å². The highest BCUT2D eigenvalue weighted by Gasteiger charge is 2.34. The molecule has 0 aromatic rings. The highest BCUT2D eigenvalue weighted by Crippen LogP contribution is 2.32. The molecule has 1 saturated heterocycles. The molecule has 2 rings (SSSR count). The lowest BCUT2D eigenvalue weighted by molar-refractivity contribution is -0.123. The first-order valence-electron chi connectivity index (χ1n) is 5.41. The predicted molar refractivity (Wildman–Crippen MR) is 60.8 cm³/mol. The zero-order chi connectivity index (χ0) is 10.7. The molecule has 1 saturated carbocycles. The molecule has 86 valence electrons. The Morgan fingerprint density at radius 3 is 3.00 bits per heavy atom. The number of nitrogens with one attached hydrogen (secondary N) is 2. The summed E-state index contributed by atoms with van der Waals surface area (Å²) in [6, 6.07) is 0.211. The van der Waals surface area contributed by atoms with Crippen LogP contribution in [0, 0.1) is 5.92 Å². The van der Waals surface area contributed by atoms with E-state index in [1.54, 1.807) is 18.9 Å². The molecule has 2 atom stereocenters. The second-order valence-electron chi connectivity index (χ2n) is 4.18. The van der Waals surface area contributed by atoms with Crippen LogP contribution < -0.4 is 10.6 Å². The molecule has 5 heteroatoms. The van der Waals surface area contributed by atoms with E-state index in [1.165, 1.54) is 12.8 Å². The molecule has 2 N–H and O–H groups in total. The van der Waals surface area contributed by atoms with Gasteiger partial charge in [0.15, 0.2) is 0 Å². The van der Waals surface area contributed by atoms with Crippen LogP contribution >= 0.6 is 11.8 Å². The number of carbonyl (C=O) groups is 1. The summed E-state index contributed by atoms with van der Waals surface area (Å²) in [6.45, 7) is 0.635. The van der Waals surface area contributed by atoms with Gasteiger partial charge in [0, 0.05) is 18.7 Å². The van der Waals surface area contributed by atoms with Gasteiger partial charge in [-0.05, 0) is 18.8 Å². The van der Waals surface area contributed by atoms with Gasteiger partial charge in [-0.1, -0.05) is 0 Å². The smallest absolute Gasteiger partial charge is 0.238 e. The molecule has 0 radical (unpaired) electrons. The van der Waals surface area contributed by atoms with Crippen LogP contribution in [0.4, 0.5) is 0 Å². The zero-order valence-electron chi connectivity index (χ0n) is 8.99. The second kappa shape index (κ2) is 5.18. The van der Waals surface area contributed by atoms with Crippen molar-refractivity contribution in [2.45, 2.75) is 24.9 Å². The highest BCUT2D eigenvalue weighted by atomic mass is 32.2. The largest absolute Gasteiger partial charge is 0.383 e. The third-order valence-corrected chi connectivity index (χ3v) is 3.84. The van der Waals surface area contributed by atoms with E-state index < -0.39 is 0 Å². The van der Waals surface area contributed by atoms with Gasteiger partial charge in [0.25, 0.3) is 0 Å². The third kappa shape index (κ3) is 3.09. The first-order chi connectivity index (χ1) is 7.31. The Morgan fingerprint density at radius 2 is 2.47 bits per heavy atom. The van der Waals surface area contributed by atoms with Crippen LogP contribution in [0.3, 0.4) is 0 Å². The Kier molecular flexibility index (Phi) is 3.88. The minimum absolute atomic E-state index is 0.00638. The zero-order valence-corrected chi connectivity index (χ0v) is 9.81. The molecule has 0 aromatic carbocycles. The summed E-state index contributed by atoms with van der Waals surface area (Å²) in [5.74, 6) is 2.55. The summed E-state index contributed by atoms with van der Waals surface area (Å²) < 4.78 is 5.13. The van der Waals surface area contributed by atoms with Crippen LogP contribution in [0.2, 0.25) is 0 Å². The molecule has 0 spiro atoms. The van der Waals surface area contributed by atoms with Crippen molar-refractivity contribution in [3.8, 4) is 0 Å². The van der Waals surface area contributed by atoms with Crippen LogP contribution in [0.25, 0.3) is 0 Å². The highest BCUT2D eigenvalue weighted by molar-refractivity contribution is 7.99. The minimum Gasteiger partial charge on any atom is -0.383 e. The number of methoxy groups -OCH3 is 1. The summed E-state index contributed by atoms with van der Waals surface area (Å²) in [5.41, 5.74) is 0. The van der Waals surface area contributed by atoms with Gasteiger partial charge in [-0.2, -0.15) is 0 Å². The van der Waals surface area contributed by atoms with E-state index in [9.17, 15) is 4.79 Å². The summed E-state index contributed by atoms with van der Waals surface area (Å²) in [7, 11) is 1.69. The van der Waals surface area contributed by atoms with Crippen molar-refractivity contribution >= 4 is 17.7 Å². The maximum Gasteiger partial charge on any atom is 0.238 e. The van der Waals surface area contributed by atoms with Gasteiger partial charge in [-0.15, -0.1) is 11.8 Å². The number of carbonyl (C=O) groups excluding carboxylic acids is 1. The van der Waals surface area contributed by atoms with Gasteiger partial charge < -0.3 is 10.1 Å². The Bertz CT molecular complexity index is 227. The fourth-order valence-electron chi connectivity index (χ4n) is 1.82. The third-order valence-electron chi connectivity index (χ3n) is 2.90. The Labute approximate surface area is 94.5 Å². The molecule has 15 heavy (non-hydrogen) atoms. The van der Waals surface area contributed by atoms with Crippen molar-refractivity contribution in [2.24, 2.45) is 5.92 Å². The Balaban J connectivity index is 1.79. The predicted octanol–water partition coefficient (Wildman–Crippen LogP) is 0.190. The number of hydrogen-bond donors (Lipinski definition) is 2. The van der Waals surface area contributed by atoms with Crippen molar-refractivity contribution in [3.63, 3.8) is 0 Å². The molecule has 2 unspecified atom stereocenters. The monoisotopic (exact) mass is 230 g/mol. The fraction of sp³-hybridized carbons (Fsp3) is 0.900. The maximum atomic E-state index is 11.8. The summed E-state index contributed by atoms with van der Waals surface area (Å²) in [4.78, 5) is 11.8. The number of ether oxygens (including phenoxy) is 1. The second-order valence-corrected chi connectivity index (χ2v) is 5.21. The van der Waals surface area contributed by atoms with Gasteiger partial charge in [-0.3, -0.25) is 10.1 Å². The number of hydrogen-bond acceptors (Lipinski definition) is 4. The summed E-state index contributed by atoms with van der Waals surface area (Å²) in [6.07, 6.45) is 2.45. The standard InChI is InChI=1S/C10H18N2O2S/c1-14-4-8(7-2-3-7)12-10(13)9-5-15-6-11-9/h7-9,11H,2-6H2,1H3,(H,12,13). The summed E-state index contributed by atoms with van der Waals surface area (Å²) >= 11 is 1.77. The van der Waals surface area contributed by atoms with E-state index in [4.69, 9.17) is 4.74 Å². The van der Waals surface area contributed by atoms with E-state index in [-0.39, 0.29) is 18.0 Å². The molecule has 1 amide bonds. The Hall–Kier alpha value is -0.260. The van der Waals surface area contributed by atoms with Crippen LogP contribution in [-0.2, 0) is 9.53 Å². The lowest BCUT2D eigenvalue weighted by Crippen LogP contribution is -2.48. The van der Waals surface area contributed by atoms with Gasteiger partial charge in [0.2, 0.25) is 5.91 Å². The molecule has 0 aromatic heterocycles. The molecule has 1 aliphatic carbocycles. The lowest BCUT2D eigenvalue weighted by Gasteiger charge is -2.19. The number of amides is 1. The van der Waals surface area contributed by atoms with Gasteiger partial charge in [0.1, 0.15) is 0 Å². The fourth-order valence-corrected chi connectivity index (χ4v) is 2.76. The van der Waals surface area contributed by atoms with Gasteiger partial charge >= 0.3 is 0 Å². The van der Waals surface area contributed by atoms with Crippen LogP contribution in [0.15, 0.2) is 0 Å². The number of thioether (sulfide) groups is 1. The molecule has 1 heterocycles. The lowest BCUT2D eigenvalue weighted by atomic mass is 10.2. The summed E-state index contributed by atoms with van der Waals surface area (Å²) in [5, 5.41) is 6.26. The molecule has 1 aliphatic heterocycles. The molecular weight excluding hydrogens is 212 g/mol. The van der Waals surface area contributed by atoms with Crippen LogP contribution in [0.5, 0.6) is 0 Å². The van der Waals surface area contributed by atoms with Crippen molar-refractivity contribution in [3.05, 3.63) is 0 Å². The van der Waals surface area contributed by atoms with Crippen LogP contribution in [-0.4, -0.2) is 43.3 Å². The van der Waals surface area contributed by atoms with E-state index in [2.05, 4.69) is 10.6 Å². The maximum absolute atomic E-state index is 11.8. The Morgan fingerprint density at radius 1 is 1.67 bits per heavy atom. The number of rotatable bonds is 5. The molecule has 0 bridgehead atoms. The van der Waals surface area contributed by atoms with Crippen molar-refractivity contribution in [1.29, 1.82) is 0 Å².